The van der Waals surface area contributed by atoms with Crippen molar-refractivity contribution in [1.29, 1.82) is 0 Å². The zero-order chi connectivity index (χ0) is 45.3. The fraction of sp³-hybridized carbons (Fsp3) is 0.295. The first-order valence-electron chi connectivity index (χ1n) is 24.3. The second-order valence-electron chi connectivity index (χ2n) is 19.4. The minimum Gasteiger partial charge on any atom is -0.368 e. The van der Waals surface area contributed by atoms with Gasteiger partial charge in [-0.1, -0.05) is 171 Å². The summed E-state index contributed by atoms with van der Waals surface area (Å²) in [6.07, 6.45) is 30.4. The smallest absolute Gasteiger partial charge is 0.193 e. The molecular weight excluding hydrogens is 809 g/mol. The van der Waals surface area contributed by atoms with Crippen molar-refractivity contribution in [1.82, 2.24) is 10.6 Å². The third kappa shape index (κ3) is 7.56. The molecule has 66 heavy (non-hydrogen) atoms. The Labute approximate surface area is 390 Å². The lowest BCUT2D eigenvalue weighted by atomic mass is 9.46. The van der Waals surface area contributed by atoms with Gasteiger partial charge in [-0.15, -0.1) is 0 Å². The van der Waals surface area contributed by atoms with Crippen LogP contribution in [0.5, 0.6) is 0 Å². The largest absolute Gasteiger partial charge is 0.368 e. The highest BCUT2D eigenvalue weighted by atomic mass is 16.1. The molecule has 0 saturated heterocycles. The zero-order valence-corrected chi connectivity index (χ0v) is 38.3. The normalized spacial score (nSPS) is 25.4. The molecule has 2 fully saturated rings. The Hall–Kier alpha value is -6.59. The number of Topliss-reactive ketones (excluding diaryl/α,β-unsaturated/α-hetero) is 3. The number of allylic oxidation sites excluding steroid dienone is 12. The van der Waals surface area contributed by atoms with E-state index in [1.165, 1.54) is 0 Å². The highest BCUT2D eigenvalue weighted by molar-refractivity contribution is 6.22. The number of aryl methyl sites for hydroxylation is 2. The standard InChI is InChI=1S/C61H60N2O3/c1-41-19-9-15-31-49(41)51-35-55(45-25-17-33-62-39-45)60(47-27-11-12-28-47,37-53(51)57(64)43-21-5-3-6-22-43)59(66)61(48-29-13-14-30-48)38-54(58(65)44-23-7-4-8-24-44)52(50-32-16-10-20-42(50)2)36-56(61)46-26-18-34-63-40-46/h3-10,15-24,31-40,47-48,55-56,62-63H,11-14,25-30H2,1-2H3. The van der Waals surface area contributed by atoms with Gasteiger partial charge in [0.2, 0.25) is 0 Å². The number of benzene rings is 4. The molecule has 0 bridgehead atoms. The minimum atomic E-state index is -1.13. The molecule has 0 spiro atoms. The van der Waals surface area contributed by atoms with E-state index in [1.54, 1.807) is 0 Å². The van der Waals surface area contributed by atoms with E-state index in [2.05, 4.69) is 97.6 Å². The third-order valence-corrected chi connectivity index (χ3v) is 15.8. The Balaban J connectivity index is 1.31. The van der Waals surface area contributed by atoms with E-state index >= 15 is 14.4 Å². The summed E-state index contributed by atoms with van der Waals surface area (Å²) < 4.78 is 0. The number of carbonyl (C=O) groups excluding carboxylic acids is 3. The molecule has 2 heterocycles. The lowest BCUT2D eigenvalue weighted by molar-refractivity contribution is -0.143. The molecule has 332 valence electrons. The molecule has 4 unspecified atom stereocenters. The van der Waals surface area contributed by atoms with Gasteiger partial charge in [0.05, 0.1) is 10.8 Å². The van der Waals surface area contributed by atoms with Crippen LogP contribution in [0.15, 0.2) is 193 Å². The average Bonchev–Trinajstić information content (AvgIpc) is 4.14. The fourth-order valence-corrected chi connectivity index (χ4v) is 12.6. The number of hydrogen-bond donors (Lipinski definition) is 2. The van der Waals surface area contributed by atoms with Crippen molar-refractivity contribution < 1.29 is 14.4 Å². The van der Waals surface area contributed by atoms with Crippen molar-refractivity contribution in [2.75, 3.05) is 0 Å². The molecule has 0 radical (unpaired) electrons. The van der Waals surface area contributed by atoms with E-state index < -0.39 is 10.8 Å². The van der Waals surface area contributed by atoms with Gasteiger partial charge in [0.25, 0.3) is 0 Å². The molecule has 5 heteroatoms. The molecule has 4 aromatic rings. The fourth-order valence-electron chi connectivity index (χ4n) is 12.6. The molecule has 4 aliphatic carbocycles. The molecule has 6 aliphatic rings. The van der Waals surface area contributed by atoms with Gasteiger partial charge in [-0.05, 0) is 121 Å². The number of rotatable bonds is 12. The Bertz CT molecular complexity index is 2610. The van der Waals surface area contributed by atoms with Gasteiger partial charge >= 0.3 is 0 Å². The molecular formula is C61H60N2O3. The van der Waals surface area contributed by atoms with Crippen LogP contribution in [0.1, 0.15) is 107 Å². The summed E-state index contributed by atoms with van der Waals surface area (Å²) in [5.41, 5.74) is 8.26. The van der Waals surface area contributed by atoms with Crippen molar-refractivity contribution in [3.63, 3.8) is 0 Å². The van der Waals surface area contributed by atoms with E-state index in [0.717, 1.165) is 95.9 Å². The molecule has 0 aromatic heterocycles. The number of hydrogen-bond acceptors (Lipinski definition) is 5. The van der Waals surface area contributed by atoms with Crippen molar-refractivity contribution in [2.45, 2.75) is 78.1 Å². The number of dihydropyridines is 2. The number of nitrogens with one attached hydrogen (secondary N) is 2. The Morgan fingerprint density at radius 2 is 0.879 bits per heavy atom. The van der Waals surface area contributed by atoms with Gasteiger partial charge in [0, 0.05) is 46.5 Å². The second kappa shape index (κ2) is 18.4. The first-order chi connectivity index (χ1) is 32.3. The predicted molar refractivity (Wildman–Crippen MR) is 267 cm³/mol. The highest BCUT2D eigenvalue weighted by Crippen LogP contribution is 2.64. The van der Waals surface area contributed by atoms with Crippen LogP contribution in [0.25, 0.3) is 11.1 Å². The van der Waals surface area contributed by atoms with Gasteiger partial charge in [-0.3, -0.25) is 14.4 Å². The van der Waals surface area contributed by atoms with Crippen LogP contribution in [0.4, 0.5) is 0 Å². The van der Waals surface area contributed by atoms with Gasteiger partial charge in [0.15, 0.2) is 17.3 Å². The second-order valence-corrected chi connectivity index (χ2v) is 19.4. The van der Waals surface area contributed by atoms with Gasteiger partial charge in [-0.25, -0.2) is 0 Å². The molecule has 5 nitrogen and oxygen atoms in total. The first-order valence-corrected chi connectivity index (χ1v) is 24.3. The van der Waals surface area contributed by atoms with Crippen LogP contribution in [0.2, 0.25) is 0 Å². The Morgan fingerprint density at radius 3 is 1.24 bits per heavy atom. The van der Waals surface area contributed by atoms with E-state index in [4.69, 9.17) is 0 Å². The minimum absolute atomic E-state index is 0.0456. The molecule has 2 aliphatic heterocycles. The van der Waals surface area contributed by atoms with Gasteiger partial charge < -0.3 is 10.6 Å². The van der Waals surface area contributed by atoms with Crippen LogP contribution in [-0.4, -0.2) is 17.3 Å². The maximum atomic E-state index is 18.0. The summed E-state index contributed by atoms with van der Waals surface area (Å²) in [4.78, 5) is 49.0. The molecule has 2 saturated carbocycles. The van der Waals surface area contributed by atoms with E-state index in [-0.39, 0.29) is 41.0 Å². The van der Waals surface area contributed by atoms with E-state index in [9.17, 15) is 0 Å². The van der Waals surface area contributed by atoms with E-state index in [0.29, 0.717) is 35.1 Å². The van der Waals surface area contributed by atoms with Crippen molar-refractivity contribution in [3.8, 4) is 0 Å². The summed E-state index contributed by atoms with van der Waals surface area (Å²) in [7, 11) is 0. The molecule has 4 atom stereocenters. The lowest BCUT2D eigenvalue weighted by Crippen LogP contribution is -2.57. The summed E-state index contributed by atoms with van der Waals surface area (Å²) in [6, 6.07) is 35.8. The maximum Gasteiger partial charge on any atom is 0.193 e. The van der Waals surface area contributed by atoms with Gasteiger partial charge in [-0.2, -0.15) is 0 Å². The number of ketones is 3. The number of carbonyl (C=O) groups is 3. The lowest BCUT2D eigenvalue weighted by Gasteiger charge is -2.54. The maximum absolute atomic E-state index is 18.0. The van der Waals surface area contributed by atoms with Crippen LogP contribution in [0, 0.1) is 48.3 Å². The summed E-state index contributed by atoms with van der Waals surface area (Å²) in [5.74, 6) is -0.837. The zero-order valence-electron chi connectivity index (χ0n) is 38.3. The van der Waals surface area contributed by atoms with Crippen molar-refractivity contribution in [2.24, 2.45) is 34.5 Å². The molecule has 4 aromatic carbocycles. The summed E-state index contributed by atoms with van der Waals surface area (Å²) in [6.45, 7) is 4.22. The summed E-state index contributed by atoms with van der Waals surface area (Å²) in [5, 5.41) is 6.87. The topological polar surface area (TPSA) is 75.3 Å². The SMILES string of the molecule is Cc1ccccc1C1=CC(C2=CNC=CC2)C(C(=O)C2(C3CCCC3)C=C(C(=O)c3ccccc3)C(c3ccccc3C)=CC2C2=CNC=CC2)(C2CCCC2)C=C1C(=O)c1ccccc1. The molecule has 2 N–H and O–H groups in total. The van der Waals surface area contributed by atoms with E-state index in [1.807, 2.05) is 97.3 Å². The van der Waals surface area contributed by atoms with Crippen molar-refractivity contribution >= 4 is 28.5 Å². The van der Waals surface area contributed by atoms with Crippen LogP contribution in [-0.2, 0) is 4.79 Å². The van der Waals surface area contributed by atoms with Crippen LogP contribution >= 0.6 is 0 Å². The molecule has 0 amide bonds. The summed E-state index contributed by atoms with van der Waals surface area (Å²) >= 11 is 0. The van der Waals surface area contributed by atoms with Crippen LogP contribution in [0.3, 0.4) is 0 Å². The van der Waals surface area contributed by atoms with Crippen molar-refractivity contribution in [3.05, 3.63) is 226 Å². The third-order valence-electron chi connectivity index (χ3n) is 15.8. The Morgan fingerprint density at radius 1 is 0.500 bits per heavy atom. The predicted octanol–water partition coefficient (Wildman–Crippen LogP) is 13.4. The van der Waals surface area contributed by atoms with Gasteiger partial charge in [0.1, 0.15) is 0 Å². The monoisotopic (exact) mass is 868 g/mol. The van der Waals surface area contributed by atoms with Crippen LogP contribution < -0.4 is 10.6 Å². The molecule has 10 rings (SSSR count). The Kier molecular flexibility index (Phi) is 12.0. The first kappa shape index (κ1) is 43.3. The highest BCUT2D eigenvalue weighted by Gasteiger charge is 2.63. The quantitative estimate of drug-likeness (QED) is 0.139. The average molecular weight is 869 g/mol.